The zero-order valence-corrected chi connectivity index (χ0v) is 16.5. The lowest BCUT2D eigenvalue weighted by Crippen LogP contribution is -2.45. The van der Waals surface area contributed by atoms with Gasteiger partial charge in [-0.15, -0.1) is 24.8 Å². The lowest BCUT2D eigenvalue weighted by Gasteiger charge is -2.37. The number of hydrogen-bond donors (Lipinski definition) is 2. The number of phenolic OH excluding ortho intramolecular Hbond substituents is 1. The van der Waals surface area contributed by atoms with Gasteiger partial charge in [-0.2, -0.15) is 0 Å². The normalized spacial score (nSPS) is 16.0. The van der Waals surface area contributed by atoms with Crippen molar-refractivity contribution in [2.24, 2.45) is 5.92 Å². The molecule has 2 rings (SSSR count). The number of nitrogens with one attached hydrogen (secondary N) is 1. The van der Waals surface area contributed by atoms with Crippen molar-refractivity contribution in [3.8, 4) is 17.2 Å². The highest BCUT2D eigenvalue weighted by molar-refractivity contribution is 5.85. The molecule has 0 radical (unpaired) electrons. The molecule has 1 aliphatic heterocycles. The van der Waals surface area contributed by atoms with Crippen LogP contribution in [0.4, 0.5) is 0 Å². The van der Waals surface area contributed by atoms with E-state index in [9.17, 15) is 5.11 Å². The quantitative estimate of drug-likeness (QED) is 0.792. The molecule has 24 heavy (non-hydrogen) atoms. The van der Waals surface area contributed by atoms with Crippen molar-refractivity contribution < 1.29 is 14.6 Å². The summed E-state index contributed by atoms with van der Waals surface area (Å²) in [5, 5.41) is 13.9. The molecule has 2 N–H and O–H groups in total. The van der Waals surface area contributed by atoms with Crippen LogP contribution >= 0.6 is 24.8 Å². The number of nitrogens with zero attached hydrogens (tertiary/aromatic N) is 1. The average Bonchev–Trinajstić information content (AvgIpc) is 2.52. The molecule has 0 saturated carbocycles. The van der Waals surface area contributed by atoms with Gasteiger partial charge in [0.25, 0.3) is 0 Å². The maximum absolute atomic E-state index is 10.5. The smallest absolute Gasteiger partial charge is 0.131 e. The number of hydrogen-bond acceptors (Lipinski definition) is 5. The predicted molar refractivity (Wildman–Crippen MR) is 102 cm³/mol. The molecule has 0 aromatic heterocycles. The van der Waals surface area contributed by atoms with Crippen molar-refractivity contribution in [3.63, 3.8) is 0 Å². The third-order valence-corrected chi connectivity index (χ3v) is 4.17. The van der Waals surface area contributed by atoms with Crippen LogP contribution in [0.5, 0.6) is 17.2 Å². The number of aromatic hydroxyl groups is 1. The summed E-state index contributed by atoms with van der Waals surface area (Å²) in [6, 6.07) is 3.68. The van der Waals surface area contributed by atoms with Crippen molar-refractivity contribution in [1.29, 1.82) is 0 Å². The number of rotatable bonds is 6. The minimum Gasteiger partial charge on any atom is -0.507 e. The first kappa shape index (κ1) is 23.1. The van der Waals surface area contributed by atoms with Gasteiger partial charge in [0.05, 0.1) is 19.8 Å². The van der Waals surface area contributed by atoms with Gasteiger partial charge in [0, 0.05) is 44.4 Å². The summed E-state index contributed by atoms with van der Waals surface area (Å²) in [6.07, 6.45) is 0.982. The van der Waals surface area contributed by atoms with Crippen molar-refractivity contribution in [2.45, 2.75) is 26.3 Å². The van der Waals surface area contributed by atoms with Crippen molar-refractivity contribution in [3.05, 3.63) is 17.7 Å². The van der Waals surface area contributed by atoms with Crippen molar-refractivity contribution >= 4 is 24.8 Å². The number of halogens is 2. The number of phenols is 1. The zero-order valence-electron chi connectivity index (χ0n) is 14.9. The molecule has 140 valence electrons. The molecule has 7 heteroatoms. The second kappa shape index (κ2) is 10.9. The van der Waals surface area contributed by atoms with E-state index >= 15 is 0 Å². The molecule has 1 fully saturated rings. The SMILES string of the molecule is COc1cc(O)c([C@H](CC(C)C)N2CCNCC2)c(OC)c1.Cl.Cl. The van der Waals surface area contributed by atoms with E-state index in [0.717, 1.165) is 38.2 Å². The topological polar surface area (TPSA) is 54.0 Å². The number of ether oxygens (including phenoxy) is 2. The summed E-state index contributed by atoms with van der Waals surface area (Å²) in [7, 11) is 3.23. The van der Waals surface area contributed by atoms with E-state index < -0.39 is 0 Å². The second-order valence-corrected chi connectivity index (χ2v) is 6.19. The number of methoxy groups -OCH3 is 2. The number of benzene rings is 1. The minimum atomic E-state index is 0. The van der Waals surface area contributed by atoms with Crippen LogP contribution in [0.15, 0.2) is 12.1 Å². The van der Waals surface area contributed by atoms with E-state index in [1.54, 1.807) is 20.3 Å². The summed E-state index contributed by atoms with van der Waals surface area (Å²) < 4.78 is 10.8. The Morgan fingerprint density at radius 3 is 2.25 bits per heavy atom. The van der Waals surface area contributed by atoms with E-state index in [4.69, 9.17) is 9.47 Å². The first-order valence-electron chi connectivity index (χ1n) is 7.96. The Morgan fingerprint density at radius 1 is 1.12 bits per heavy atom. The highest BCUT2D eigenvalue weighted by Gasteiger charge is 2.28. The van der Waals surface area contributed by atoms with E-state index in [-0.39, 0.29) is 36.6 Å². The summed E-state index contributed by atoms with van der Waals surface area (Å²) in [4.78, 5) is 2.43. The van der Waals surface area contributed by atoms with E-state index in [2.05, 4.69) is 24.1 Å². The Labute approximate surface area is 157 Å². The fourth-order valence-corrected chi connectivity index (χ4v) is 3.10. The maximum Gasteiger partial charge on any atom is 0.131 e. The fourth-order valence-electron chi connectivity index (χ4n) is 3.10. The Bertz CT molecular complexity index is 495. The predicted octanol–water partition coefficient (Wildman–Crippen LogP) is 3.25. The molecule has 0 unspecified atom stereocenters. The Kier molecular flexibility index (Phi) is 10.5. The zero-order chi connectivity index (χ0) is 16.1. The molecule has 0 spiro atoms. The molecule has 1 aromatic carbocycles. The van der Waals surface area contributed by atoms with Crippen LogP contribution < -0.4 is 14.8 Å². The van der Waals surface area contributed by atoms with Gasteiger partial charge in [0.15, 0.2) is 0 Å². The molecule has 1 heterocycles. The van der Waals surface area contributed by atoms with E-state index in [1.165, 1.54) is 0 Å². The molecule has 0 bridgehead atoms. The summed E-state index contributed by atoms with van der Waals surface area (Å²) >= 11 is 0. The fraction of sp³-hybridized carbons (Fsp3) is 0.647. The molecule has 1 aromatic rings. The number of piperazine rings is 1. The van der Waals surface area contributed by atoms with Gasteiger partial charge < -0.3 is 19.9 Å². The molecule has 1 atom stereocenters. The molecule has 1 aliphatic rings. The molecule has 0 aliphatic carbocycles. The van der Waals surface area contributed by atoms with Crippen LogP contribution in [0.1, 0.15) is 31.9 Å². The average molecular weight is 381 g/mol. The van der Waals surface area contributed by atoms with Gasteiger partial charge in [0.2, 0.25) is 0 Å². The van der Waals surface area contributed by atoms with Crippen LogP contribution in [-0.2, 0) is 0 Å². The highest BCUT2D eigenvalue weighted by atomic mass is 35.5. The largest absolute Gasteiger partial charge is 0.507 e. The third kappa shape index (κ3) is 5.59. The Hall–Kier alpha value is -0.880. The Balaban J connectivity index is 0.00000264. The third-order valence-electron chi connectivity index (χ3n) is 4.17. The lowest BCUT2D eigenvalue weighted by atomic mass is 9.93. The maximum atomic E-state index is 10.5. The van der Waals surface area contributed by atoms with Gasteiger partial charge >= 0.3 is 0 Å². The van der Waals surface area contributed by atoms with Gasteiger partial charge in [-0.3, -0.25) is 4.90 Å². The van der Waals surface area contributed by atoms with Gasteiger partial charge in [-0.1, -0.05) is 13.8 Å². The minimum absolute atomic E-state index is 0. The summed E-state index contributed by atoms with van der Waals surface area (Å²) in [5.74, 6) is 2.09. The monoisotopic (exact) mass is 380 g/mol. The molecule has 1 saturated heterocycles. The van der Waals surface area contributed by atoms with E-state index in [0.29, 0.717) is 17.4 Å². The van der Waals surface area contributed by atoms with Gasteiger partial charge in [0.1, 0.15) is 17.2 Å². The van der Waals surface area contributed by atoms with Crippen LogP contribution in [0.2, 0.25) is 0 Å². The van der Waals surface area contributed by atoms with Crippen LogP contribution in [-0.4, -0.2) is 50.4 Å². The lowest BCUT2D eigenvalue weighted by molar-refractivity contribution is 0.148. The summed E-state index contributed by atoms with van der Waals surface area (Å²) in [6.45, 7) is 8.34. The first-order chi connectivity index (χ1) is 10.6. The van der Waals surface area contributed by atoms with Crippen LogP contribution in [0, 0.1) is 5.92 Å². The van der Waals surface area contributed by atoms with Crippen molar-refractivity contribution in [2.75, 3.05) is 40.4 Å². The first-order valence-corrected chi connectivity index (χ1v) is 7.96. The molecule has 0 amide bonds. The van der Waals surface area contributed by atoms with Gasteiger partial charge in [-0.05, 0) is 12.3 Å². The summed E-state index contributed by atoms with van der Waals surface area (Å²) in [5.41, 5.74) is 0.874. The Morgan fingerprint density at radius 2 is 1.75 bits per heavy atom. The van der Waals surface area contributed by atoms with E-state index in [1.807, 2.05) is 6.07 Å². The molecule has 5 nitrogen and oxygen atoms in total. The van der Waals surface area contributed by atoms with Crippen molar-refractivity contribution in [1.82, 2.24) is 10.2 Å². The standard InChI is InChI=1S/C17H28N2O3.2ClH/c1-12(2)9-14(19-7-5-18-6-8-19)17-15(20)10-13(21-3)11-16(17)22-4;;/h10-12,14,18,20H,5-9H2,1-4H3;2*1H/t14-;;/m0../s1. The second-order valence-electron chi connectivity index (χ2n) is 6.19. The van der Waals surface area contributed by atoms with Crippen LogP contribution in [0.3, 0.4) is 0 Å². The molecular formula is C17H30Cl2N2O3. The molecular weight excluding hydrogens is 351 g/mol. The van der Waals surface area contributed by atoms with Crippen LogP contribution in [0.25, 0.3) is 0 Å². The highest BCUT2D eigenvalue weighted by Crippen LogP contribution is 2.42. The van der Waals surface area contributed by atoms with Gasteiger partial charge in [-0.25, -0.2) is 0 Å².